The first-order valence-corrected chi connectivity index (χ1v) is 19.1. The lowest BCUT2D eigenvalue weighted by atomic mass is 10.0. The van der Waals surface area contributed by atoms with Gasteiger partial charge in [0, 0.05) is 41.7 Å². The SMILES string of the molecule is C[C@H](CCCCc1cc(Nc2cc([C@H]3CC[C@@H](O[Si](C)(C)C(C)(C)C)C3)nn2C(C)(C)C)ccn1)NC(=O)OC(C)(C)C. The minimum Gasteiger partial charge on any atom is -0.444 e. The van der Waals surface area contributed by atoms with Gasteiger partial charge in [0.15, 0.2) is 8.32 Å². The van der Waals surface area contributed by atoms with Crippen LogP contribution in [-0.2, 0) is 21.1 Å². The van der Waals surface area contributed by atoms with Crippen LogP contribution < -0.4 is 10.6 Å². The summed E-state index contributed by atoms with van der Waals surface area (Å²) >= 11 is 0. The van der Waals surface area contributed by atoms with Crippen molar-refractivity contribution in [1.82, 2.24) is 20.1 Å². The van der Waals surface area contributed by atoms with Crippen molar-refractivity contribution in [1.29, 1.82) is 0 Å². The zero-order chi connectivity index (χ0) is 32.2. The van der Waals surface area contributed by atoms with Crippen LogP contribution in [0.5, 0.6) is 0 Å². The number of nitrogens with zero attached hydrogens (tertiary/aromatic N) is 3. The third kappa shape index (κ3) is 10.6. The van der Waals surface area contributed by atoms with E-state index in [0.717, 1.165) is 67.8 Å². The number of pyridine rings is 1. The van der Waals surface area contributed by atoms with Crippen LogP contribution in [0.4, 0.5) is 16.3 Å². The predicted octanol–water partition coefficient (Wildman–Crippen LogP) is 9.06. The van der Waals surface area contributed by atoms with E-state index in [-0.39, 0.29) is 22.7 Å². The summed E-state index contributed by atoms with van der Waals surface area (Å²) in [6.45, 7) is 25.9. The second-order valence-corrected chi connectivity index (χ2v) is 20.8. The molecule has 2 N–H and O–H groups in total. The van der Waals surface area contributed by atoms with E-state index in [4.69, 9.17) is 14.3 Å². The van der Waals surface area contributed by atoms with E-state index < -0.39 is 13.9 Å². The van der Waals surface area contributed by atoms with E-state index in [1.54, 1.807) is 0 Å². The number of hydrogen-bond acceptors (Lipinski definition) is 6. The van der Waals surface area contributed by atoms with Crippen molar-refractivity contribution in [3.63, 3.8) is 0 Å². The highest BCUT2D eigenvalue weighted by Gasteiger charge is 2.41. The highest BCUT2D eigenvalue weighted by molar-refractivity contribution is 6.74. The highest BCUT2D eigenvalue weighted by atomic mass is 28.4. The zero-order valence-corrected chi connectivity index (χ0v) is 30.1. The maximum absolute atomic E-state index is 12.0. The molecule has 1 fully saturated rings. The fourth-order valence-corrected chi connectivity index (χ4v) is 6.69. The lowest BCUT2D eigenvalue weighted by Gasteiger charge is -2.38. The number of ether oxygens (including phenoxy) is 1. The van der Waals surface area contributed by atoms with Crippen LogP contribution in [0.3, 0.4) is 0 Å². The molecule has 3 rings (SSSR count). The Morgan fingerprint density at radius 2 is 1.77 bits per heavy atom. The highest BCUT2D eigenvalue weighted by Crippen LogP contribution is 2.43. The molecule has 1 aliphatic carbocycles. The number of aryl methyl sites for hydroxylation is 1. The molecule has 8 nitrogen and oxygen atoms in total. The number of anilines is 2. The molecule has 242 valence electrons. The van der Waals surface area contributed by atoms with Gasteiger partial charge in [0.05, 0.1) is 11.2 Å². The molecule has 43 heavy (non-hydrogen) atoms. The number of nitrogens with one attached hydrogen (secondary N) is 2. The number of carbonyl (C=O) groups excluding carboxylic acids is 1. The van der Waals surface area contributed by atoms with E-state index in [9.17, 15) is 4.79 Å². The van der Waals surface area contributed by atoms with Gasteiger partial charge < -0.3 is 19.8 Å². The Morgan fingerprint density at radius 3 is 2.40 bits per heavy atom. The molecule has 1 saturated carbocycles. The summed E-state index contributed by atoms with van der Waals surface area (Å²) in [5.74, 6) is 1.43. The molecule has 0 spiro atoms. The van der Waals surface area contributed by atoms with Crippen LogP contribution in [0.2, 0.25) is 18.1 Å². The van der Waals surface area contributed by atoms with E-state index in [1.165, 1.54) is 0 Å². The molecule has 2 aromatic heterocycles. The molecule has 0 radical (unpaired) electrons. The van der Waals surface area contributed by atoms with Gasteiger partial charge in [-0.25, -0.2) is 9.48 Å². The quantitative estimate of drug-likeness (QED) is 0.194. The molecule has 2 aromatic rings. The van der Waals surface area contributed by atoms with Crippen molar-refractivity contribution in [2.45, 2.75) is 162 Å². The Bertz CT molecular complexity index is 1210. The Balaban J connectivity index is 1.59. The Labute approximate surface area is 262 Å². The van der Waals surface area contributed by atoms with Gasteiger partial charge in [0.2, 0.25) is 0 Å². The van der Waals surface area contributed by atoms with Gasteiger partial charge in [-0.3, -0.25) is 4.98 Å². The average molecular weight is 614 g/mol. The molecule has 9 heteroatoms. The Hall–Kier alpha value is -2.39. The summed E-state index contributed by atoms with van der Waals surface area (Å²) in [7, 11) is -1.79. The third-order valence-electron chi connectivity index (χ3n) is 8.61. The van der Waals surface area contributed by atoms with Crippen molar-refractivity contribution in [3.05, 3.63) is 35.8 Å². The fourth-order valence-electron chi connectivity index (χ4n) is 5.29. The first kappa shape index (κ1) is 35.1. The zero-order valence-electron chi connectivity index (χ0n) is 29.1. The number of unbranched alkanes of at least 4 members (excludes halogenated alkanes) is 1. The van der Waals surface area contributed by atoms with E-state index in [0.29, 0.717) is 12.0 Å². The molecule has 0 aliphatic heterocycles. The number of aromatic nitrogens is 3. The van der Waals surface area contributed by atoms with Gasteiger partial charge in [-0.15, -0.1) is 0 Å². The molecule has 0 aromatic carbocycles. The molecule has 0 saturated heterocycles. The maximum atomic E-state index is 12.0. The Kier molecular flexibility index (Phi) is 11.2. The average Bonchev–Trinajstić information content (AvgIpc) is 3.47. The molecule has 0 bridgehead atoms. The van der Waals surface area contributed by atoms with Gasteiger partial charge in [-0.1, -0.05) is 27.2 Å². The minimum absolute atomic E-state index is 0.0662. The van der Waals surface area contributed by atoms with Crippen molar-refractivity contribution < 1.29 is 14.0 Å². The molecular weight excluding hydrogens is 554 g/mol. The van der Waals surface area contributed by atoms with Crippen LogP contribution >= 0.6 is 0 Å². The third-order valence-corrected chi connectivity index (χ3v) is 13.1. The van der Waals surface area contributed by atoms with Crippen LogP contribution in [0.25, 0.3) is 0 Å². The van der Waals surface area contributed by atoms with Crippen LogP contribution in [-0.4, -0.2) is 46.9 Å². The molecule has 1 amide bonds. The van der Waals surface area contributed by atoms with Gasteiger partial charge >= 0.3 is 6.09 Å². The smallest absolute Gasteiger partial charge is 0.407 e. The van der Waals surface area contributed by atoms with Crippen molar-refractivity contribution >= 4 is 25.9 Å². The molecule has 1 aliphatic rings. The number of carbonyl (C=O) groups is 1. The largest absolute Gasteiger partial charge is 0.444 e. The lowest BCUT2D eigenvalue weighted by molar-refractivity contribution is 0.0505. The lowest BCUT2D eigenvalue weighted by Crippen LogP contribution is -2.43. The first-order valence-electron chi connectivity index (χ1n) is 16.2. The normalized spacial score (nSPS) is 18.9. The van der Waals surface area contributed by atoms with Gasteiger partial charge in [-0.2, -0.15) is 5.10 Å². The van der Waals surface area contributed by atoms with Crippen molar-refractivity contribution in [3.8, 4) is 0 Å². The summed E-state index contributed by atoms with van der Waals surface area (Å²) in [5, 5.41) is 11.9. The van der Waals surface area contributed by atoms with Crippen LogP contribution in [0.15, 0.2) is 24.4 Å². The van der Waals surface area contributed by atoms with E-state index >= 15 is 0 Å². The van der Waals surface area contributed by atoms with Crippen LogP contribution in [0.1, 0.15) is 125 Å². The fraction of sp³-hybridized carbons (Fsp3) is 0.735. The molecule has 3 atom stereocenters. The van der Waals surface area contributed by atoms with Gasteiger partial charge in [0.25, 0.3) is 0 Å². The van der Waals surface area contributed by atoms with E-state index in [1.807, 2.05) is 40.0 Å². The topological polar surface area (TPSA) is 90.3 Å². The Morgan fingerprint density at radius 1 is 1.07 bits per heavy atom. The second kappa shape index (κ2) is 13.7. The second-order valence-electron chi connectivity index (χ2n) is 16.0. The number of rotatable bonds is 11. The number of alkyl carbamates (subject to hydrolysis) is 1. The van der Waals surface area contributed by atoms with Crippen LogP contribution in [0, 0.1) is 0 Å². The standard InChI is InChI=1S/C34H59N5O3Si/c1-24(36-31(40)41-33(5,6)7)15-13-14-16-26-22-27(19-20-35-26)37-30-23-29(38-39(30)32(2,3)4)25-17-18-28(21-25)42-43(11,12)34(8,9)10/h19-20,22-25,28H,13-18,21H2,1-12H3,(H,35,37)(H,36,40)/t24-,25+,28-/m1/s1. The van der Waals surface area contributed by atoms with E-state index in [2.05, 4.69) is 87.1 Å². The molecule has 0 unspecified atom stereocenters. The summed E-state index contributed by atoms with van der Waals surface area (Å²) in [6, 6.07) is 6.47. The molecular formula is C34H59N5O3Si. The monoisotopic (exact) mass is 613 g/mol. The van der Waals surface area contributed by atoms with Crippen molar-refractivity contribution in [2.24, 2.45) is 0 Å². The summed E-state index contributed by atoms with van der Waals surface area (Å²) in [5.41, 5.74) is 2.59. The first-order chi connectivity index (χ1) is 19.7. The summed E-state index contributed by atoms with van der Waals surface area (Å²) in [6.07, 6.45) is 8.88. The number of hydrogen-bond donors (Lipinski definition) is 2. The molecule has 2 heterocycles. The predicted molar refractivity (Wildman–Crippen MR) is 180 cm³/mol. The summed E-state index contributed by atoms with van der Waals surface area (Å²) < 4.78 is 14.3. The van der Waals surface area contributed by atoms with Gasteiger partial charge in [-0.05, 0) is 117 Å². The van der Waals surface area contributed by atoms with Crippen molar-refractivity contribution in [2.75, 3.05) is 5.32 Å². The number of amides is 1. The summed E-state index contributed by atoms with van der Waals surface area (Å²) in [4.78, 5) is 16.6. The maximum Gasteiger partial charge on any atom is 0.407 e. The van der Waals surface area contributed by atoms with Gasteiger partial charge in [0.1, 0.15) is 11.4 Å². The minimum atomic E-state index is -1.79.